The van der Waals surface area contributed by atoms with Crippen LogP contribution in [0, 0.1) is 11.8 Å². The number of nitrogens with zero attached hydrogens (tertiary/aromatic N) is 1. The first kappa shape index (κ1) is 21.6. The molecular formula is C22H33BrN2O3. The normalized spacial score (nSPS) is 25.6. The molecule has 0 radical (unpaired) electrons. The molecule has 1 saturated heterocycles. The maximum absolute atomic E-state index is 11.3. The van der Waals surface area contributed by atoms with Gasteiger partial charge < -0.3 is 20.1 Å². The van der Waals surface area contributed by atoms with E-state index in [1.54, 1.807) is 7.11 Å². The maximum Gasteiger partial charge on any atom is 0.245 e. The van der Waals surface area contributed by atoms with Gasteiger partial charge >= 0.3 is 0 Å². The van der Waals surface area contributed by atoms with Crippen LogP contribution in [0.1, 0.15) is 44.1 Å². The number of likely N-dealkylation sites (tertiary alicyclic amines) is 1. The largest absolute Gasteiger partial charge is 0.497 e. The molecule has 6 heteroatoms. The minimum absolute atomic E-state index is 0.241. The van der Waals surface area contributed by atoms with Crippen LogP contribution in [0.2, 0.25) is 0 Å². The molecule has 1 saturated carbocycles. The number of benzene rings is 1. The molecule has 1 aliphatic carbocycles. The number of carbonyl (C=O) groups is 1. The van der Waals surface area contributed by atoms with Crippen molar-refractivity contribution in [1.82, 2.24) is 10.2 Å². The molecule has 28 heavy (non-hydrogen) atoms. The van der Waals surface area contributed by atoms with Gasteiger partial charge in [0, 0.05) is 17.1 Å². The second-order valence-electron chi connectivity index (χ2n) is 8.35. The summed E-state index contributed by atoms with van der Waals surface area (Å²) in [6.07, 6.45) is 8.09. The summed E-state index contributed by atoms with van der Waals surface area (Å²) in [6, 6.07) is 6.49. The van der Waals surface area contributed by atoms with Gasteiger partial charge in [-0.25, -0.2) is 0 Å². The lowest BCUT2D eigenvalue weighted by atomic mass is 9.84. The van der Waals surface area contributed by atoms with Crippen molar-refractivity contribution in [2.45, 2.75) is 51.0 Å². The van der Waals surface area contributed by atoms with E-state index in [0.29, 0.717) is 5.92 Å². The number of aliphatic hydroxyl groups excluding tert-OH is 1. The standard InChI is InChI=1S/C22H33BrN2O3/c1-28-20-6-7-21(23)18(13-20)12-17-9-11-25(14-17)10-8-16-2-4-19(5-3-16)24-22(27)15-26/h6-7,13,16-17,19,26H,2-5,8-12,14-15H2,1H3,(H,24,27). The van der Waals surface area contributed by atoms with E-state index >= 15 is 0 Å². The molecule has 2 N–H and O–H groups in total. The van der Waals surface area contributed by atoms with Crippen molar-refractivity contribution < 1.29 is 14.6 Å². The predicted octanol–water partition coefficient (Wildman–Crippen LogP) is 3.38. The molecule has 0 spiro atoms. The molecule has 1 aromatic carbocycles. The summed E-state index contributed by atoms with van der Waals surface area (Å²) in [4.78, 5) is 13.9. The van der Waals surface area contributed by atoms with Gasteiger partial charge in [-0.3, -0.25) is 4.79 Å². The zero-order valence-corrected chi connectivity index (χ0v) is 18.4. The minimum Gasteiger partial charge on any atom is -0.497 e. The minimum atomic E-state index is -0.400. The van der Waals surface area contributed by atoms with Gasteiger partial charge in [-0.05, 0) is 93.6 Å². The van der Waals surface area contributed by atoms with Crippen molar-refractivity contribution >= 4 is 21.8 Å². The summed E-state index contributed by atoms with van der Waals surface area (Å²) in [5, 5.41) is 11.8. The van der Waals surface area contributed by atoms with Crippen LogP contribution in [0.25, 0.3) is 0 Å². The second kappa shape index (κ2) is 10.6. The summed E-state index contributed by atoms with van der Waals surface area (Å²) < 4.78 is 6.55. The highest BCUT2D eigenvalue weighted by Crippen LogP contribution is 2.30. The maximum atomic E-state index is 11.3. The fourth-order valence-corrected chi connectivity index (χ4v) is 5.07. The van der Waals surface area contributed by atoms with E-state index in [-0.39, 0.29) is 11.9 Å². The topological polar surface area (TPSA) is 61.8 Å². The summed E-state index contributed by atoms with van der Waals surface area (Å²) in [6.45, 7) is 3.18. The third kappa shape index (κ3) is 6.19. The molecule has 1 heterocycles. The highest BCUT2D eigenvalue weighted by atomic mass is 79.9. The molecule has 0 bridgehead atoms. The third-order valence-corrected chi connectivity index (χ3v) is 7.11. The molecule has 0 aromatic heterocycles. The molecule has 156 valence electrons. The molecule has 5 nitrogen and oxygen atoms in total. The summed E-state index contributed by atoms with van der Waals surface area (Å²) in [7, 11) is 1.72. The Balaban J connectivity index is 1.37. The van der Waals surface area contributed by atoms with Gasteiger partial charge in [-0.1, -0.05) is 15.9 Å². The van der Waals surface area contributed by atoms with Crippen LogP contribution in [0.3, 0.4) is 0 Å². The lowest BCUT2D eigenvalue weighted by Crippen LogP contribution is -2.39. The number of nitrogens with one attached hydrogen (secondary N) is 1. The fourth-order valence-electron chi connectivity index (χ4n) is 4.66. The molecule has 1 amide bonds. The summed E-state index contributed by atoms with van der Waals surface area (Å²) >= 11 is 3.68. The van der Waals surface area contributed by atoms with Crippen molar-refractivity contribution in [2.24, 2.45) is 11.8 Å². The van der Waals surface area contributed by atoms with Crippen molar-refractivity contribution in [3.8, 4) is 5.75 Å². The Kier molecular flexibility index (Phi) is 8.18. The fraction of sp³-hybridized carbons (Fsp3) is 0.682. The predicted molar refractivity (Wildman–Crippen MR) is 115 cm³/mol. The van der Waals surface area contributed by atoms with Gasteiger partial charge in [0.25, 0.3) is 0 Å². The molecule has 2 fully saturated rings. The number of rotatable bonds is 8. The lowest BCUT2D eigenvalue weighted by molar-refractivity contribution is -0.124. The number of hydrogen-bond donors (Lipinski definition) is 2. The Morgan fingerprint density at radius 1 is 1.25 bits per heavy atom. The number of hydrogen-bond acceptors (Lipinski definition) is 4. The van der Waals surface area contributed by atoms with Gasteiger partial charge in [-0.15, -0.1) is 0 Å². The number of halogens is 1. The van der Waals surface area contributed by atoms with Crippen LogP contribution < -0.4 is 10.1 Å². The van der Waals surface area contributed by atoms with E-state index in [0.717, 1.165) is 30.9 Å². The zero-order valence-electron chi connectivity index (χ0n) is 16.8. The van der Waals surface area contributed by atoms with Gasteiger partial charge in [0.05, 0.1) is 7.11 Å². The Bertz CT molecular complexity index is 647. The van der Waals surface area contributed by atoms with E-state index in [1.807, 2.05) is 6.07 Å². The lowest BCUT2D eigenvalue weighted by Gasteiger charge is -2.30. The highest BCUT2D eigenvalue weighted by Gasteiger charge is 2.26. The Morgan fingerprint density at radius 3 is 2.75 bits per heavy atom. The SMILES string of the molecule is COc1ccc(Br)c(CC2CCN(CCC3CCC(NC(=O)CO)CC3)C2)c1. The second-order valence-corrected chi connectivity index (χ2v) is 9.20. The van der Waals surface area contributed by atoms with Crippen LogP contribution in [0.15, 0.2) is 22.7 Å². The van der Waals surface area contributed by atoms with Crippen LogP contribution in [0.4, 0.5) is 0 Å². The van der Waals surface area contributed by atoms with Crippen LogP contribution in [-0.2, 0) is 11.2 Å². The van der Waals surface area contributed by atoms with Crippen molar-refractivity contribution in [3.63, 3.8) is 0 Å². The average Bonchev–Trinajstić information content (AvgIpc) is 3.16. The molecule has 1 unspecified atom stereocenters. The Morgan fingerprint density at radius 2 is 2.04 bits per heavy atom. The van der Waals surface area contributed by atoms with Crippen molar-refractivity contribution in [2.75, 3.05) is 33.4 Å². The Hall–Kier alpha value is -1.11. The summed E-state index contributed by atoms with van der Waals surface area (Å²) in [5.41, 5.74) is 1.34. The van der Waals surface area contributed by atoms with E-state index in [4.69, 9.17) is 9.84 Å². The quantitative estimate of drug-likeness (QED) is 0.634. The van der Waals surface area contributed by atoms with E-state index in [1.165, 1.54) is 55.4 Å². The molecule has 1 aliphatic heterocycles. The smallest absolute Gasteiger partial charge is 0.245 e. The third-order valence-electron chi connectivity index (χ3n) is 6.34. The first-order valence-electron chi connectivity index (χ1n) is 10.5. The molecule has 1 aromatic rings. The number of methoxy groups -OCH3 is 1. The van der Waals surface area contributed by atoms with Crippen molar-refractivity contribution in [3.05, 3.63) is 28.2 Å². The Labute approximate surface area is 177 Å². The number of carbonyl (C=O) groups excluding carboxylic acids is 1. The monoisotopic (exact) mass is 452 g/mol. The van der Waals surface area contributed by atoms with Gasteiger partial charge in [-0.2, -0.15) is 0 Å². The van der Waals surface area contributed by atoms with Crippen LogP contribution in [0.5, 0.6) is 5.75 Å². The molecule has 2 aliphatic rings. The first-order valence-corrected chi connectivity index (χ1v) is 11.3. The number of aliphatic hydroxyl groups is 1. The summed E-state index contributed by atoms with van der Waals surface area (Å²) in [5.74, 6) is 2.18. The van der Waals surface area contributed by atoms with Crippen LogP contribution >= 0.6 is 15.9 Å². The number of ether oxygens (including phenoxy) is 1. The highest BCUT2D eigenvalue weighted by molar-refractivity contribution is 9.10. The molecular weight excluding hydrogens is 420 g/mol. The van der Waals surface area contributed by atoms with E-state index in [2.05, 4.69) is 38.3 Å². The zero-order chi connectivity index (χ0) is 19.9. The van der Waals surface area contributed by atoms with E-state index < -0.39 is 6.61 Å². The van der Waals surface area contributed by atoms with E-state index in [9.17, 15) is 4.79 Å². The molecule has 3 rings (SSSR count). The van der Waals surface area contributed by atoms with Crippen molar-refractivity contribution in [1.29, 1.82) is 0 Å². The average molecular weight is 453 g/mol. The molecule has 1 atom stereocenters. The number of amides is 1. The van der Waals surface area contributed by atoms with Gasteiger partial charge in [0.15, 0.2) is 0 Å². The van der Waals surface area contributed by atoms with Crippen LogP contribution in [-0.4, -0.2) is 55.3 Å². The first-order chi connectivity index (χ1) is 13.6. The van der Waals surface area contributed by atoms with Gasteiger partial charge in [0.1, 0.15) is 12.4 Å². The van der Waals surface area contributed by atoms with Gasteiger partial charge in [0.2, 0.25) is 5.91 Å².